The molecule has 1 aliphatic rings. The lowest BCUT2D eigenvalue weighted by Gasteiger charge is -2.04. The molecule has 18 heavy (non-hydrogen) atoms. The van der Waals surface area contributed by atoms with Crippen LogP contribution in [0.2, 0.25) is 0 Å². The van der Waals surface area contributed by atoms with Gasteiger partial charge in [0.05, 0.1) is 12.6 Å². The van der Waals surface area contributed by atoms with Gasteiger partial charge in [-0.3, -0.25) is 0 Å². The molecule has 1 aromatic rings. The molecule has 0 radical (unpaired) electrons. The Hall–Kier alpha value is -1.13. The minimum Gasteiger partial charge on any atom is -0.312 e. The third-order valence-electron chi connectivity index (χ3n) is 2.75. The smallest absolute Gasteiger partial charge is 0.209 e. The molecule has 0 saturated heterocycles. The lowest BCUT2D eigenvalue weighted by atomic mass is 10.3. The first-order chi connectivity index (χ1) is 8.90. The number of hydrogen-bond donors (Lipinski definition) is 1. The molecule has 6 nitrogen and oxygen atoms in total. The third kappa shape index (κ3) is 4.63. The number of aromatic nitrogens is 4. The number of nitrogens with one attached hydrogen (secondary N) is 1. The van der Waals surface area contributed by atoms with E-state index in [0.29, 0.717) is 6.42 Å². The van der Waals surface area contributed by atoms with E-state index in [1.165, 1.54) is 12.8 Å². The van der Waals surface area contributed by atoms with Gasteiger partial charge in [0.1, 0.15) is 0 Å². The molecule has 2 rings (SSSR count). The van der Waals surface area contributed by atoms with Crippen LogP contribution in [0, 0.1) is 11.3 Å². The maximum Gasteiger partial charge on any atom is 0.209 e. The second kappa shape index (κ2) is 7.34. The van der Waals surface area contributed by atoms with Crippen molar-refractivity contribution >= 4 is 11.8 Å². The molecule has 7 heteroatoms. The largest absolute Gasteiger partial charge is 0.312 e. The fourth-order valence-corrected chi connectivity index (χ4v) is 2.47. The summed E-state index contributed by atoms with van der Waals surface area (Å²) in [6.07, 6.45) is 5.22. The van der Waals surface area contributed by atoms with E-state index in [-0.39, 0.29) is 0 Å². The van der Waals surface area contributed by atoms with E-state index in [9.17, 15) is 0 Å². The summed E-state index contributed by atoms with van der Waals surface area (Å²) in [5.41, 5.74) is 0. The molecule has 1 saturated carbocycles. The van der Waals surface area contributed by atoms with Gasteiger partial charge in [-0.15, -0.1) is 5.10 Å². The summed E-state index contributed by atoms with van der Waals surface area (Å²) in [5, 5.41) is 24.5. The Morgan fingerprint density at radius 3 is 3.11 bits per heavy atom. The van der Waals surface area contributed by atoms with Crippen LogP contribution < -0.4 is 5.32 Å². The molecular weight excluding hydrogens is 248 g/mol. The molecule has 0 unspecified atom stereocenters. The lowest BCUT2D eigenvalue weighted by Crippen LogP contribution is -2.22. The summed E-state index contributed by atoms with van der Waals surface area (Å²) < 4.78 is 1.85. The molecule has 0 atom stereocenters. The molecule has 1 aliphatic carbocycles. The monoisotopic (exact) mass is 266 g/mol. The number of nitriles is 1. The number of rotatable bonds is 9. The molecule has 0 amide bonds. The number of hydrogen-bond acceptors (Lipinski definition) is 6. The Morgan fingerprint density at radius 1 is 1.44 bits per heavy atom. The van der Waals surface area contributed by atoms with Crippen molar-refractivity contribution in [2.24, 2.45) is 0 Å². The maximum atomic E-state index is 8.44. The molecule has 1 heterocycles. The normalized spacial score (nSPS) is 14.6. The SMILES string of the molecule is N#CCCCCSc1nnnn1CCNC1CC1. The standard InChI is InChI=1S/C11H18N6S/c12-6-2-1-3-9-18-11-14-15-16-17(11)8-7-13-10-4-5-10/h10,13H,1-5,7-9H2. The molecule has 98 valence electrons. The van der Waals surface area contributed by atoms with Crippen LogP contribution in [0.1, 0.15) is 32.1 Å². The van der Waals surface area contributed by atoms with Crippen molar-refractivity contribution in [2.45, 2.75) is 49.8 Å². The quantitative estimate of drug-likeness (QED) is 0.534. The minimum absolute atomic E-state index is 0.636. The van der Waals surface area contributed by atoms with Gasteiger partial charge in [0, 0.05) is 24.8 Å². The molecule has 1 fully saturated rings. The molecule has 0 aromatic carbocycles. The van der Waals surface area contributed by atoms with Gasteiger partial charge in [0.2, 0.25) is 5.16 Å². The molecular formula is C11H18N6S. The molecule has 0 aliphatic heterocycles. The predicted octanol–water partition coefficient (Wildman–Crippen LogP) is 1.21. The van der Waals surface area contributed by atoms with Crippen molar-refractivity contribution in [3.63, 3.8) is 0 Å². The minimum atomic E-state index is 0.636. The Kier molecular flexibility index (Phi) is 5.42. The van der Waals surface area contributed by atoms with Crippen molar-refractivity contribution in [2.75, 3.05) is 12.3 Å². The van der Waals surface area contributed by atoms with Crippen molar-refractivity contribution in [3.05, 3.63) is 0 Å². The van der Waals surface area contributed by atoms with Crippen molar-refractivity contribution in [1.82, 2.24) is 25.5 Å². The van der Waals surface area contributed by atoms with E-state index in [1.54, 1.807) is 11.8 Å². The van der Waals surface area contributed by atoms with Gasteiger partial charge in [-0.2, -0.15) is 5.26 Å². The number of tetrazole rings is 1. The fourth-order valence-electron chi connectivity index (χ4n) is 1.57. The van der Waals surface area contributed by atoms with Crippen LogP contribution in [0.15, 0.2) is 5.16 Å². The number of thioether (sulfide) groups is 1. The highest BCUT2D eigenvalue weighted by molar-refractivity contribution is 7.99. The first kappa shape index (κ1) is 13.3. The van der Waals surface area contributed by atoms with Crippen LogP contribution in [-0.2, 0) is 6.54 Å². The van der Waals surface area contributed by atoms with Crippen LogP contribution >= 0.6 is 11.8 Å². The Labute approximate surface area is 111 Å². The summed E-state index contributed by atoms with van der Waals surface area (Å²) in [6, 6.07) is 2.88. The average molecular weight is 266 g/mol. The highest BCUT2D eigenvalue weighted by Gasteiger charge is 2.19. The zero-order valence-corrected chi connectivity index (χ0v) is 11.2. The molecule has 1 N–H and O–H groups in total. The van der Waals surface area contributed by atoms with Crippen LogP contribution in [-0.4, -0.2) is 38.5 Å². The fraction of sp³-hybridized carbons (Fsp3) is 0.818. The number of unbranched alkanes of at least 4 members (excludes halogenated alkanes) is 2. The van der Waals surface area contributed by atoms with E-state index < -0.39 is 0 Å². The van der Waals surface area contributed by atoms with Gasteiger partial charge in [-0.05, 0) is 36.1 Å². The zero-order valence-electron chi connectivity index (χ0n) is 10.4. The Morgan fingerprint density at radius 2 is 2.33 bits per heavy atom. The predicted molar refractivity (Wildman–Crippen MR) is 69.0 cm³/mol. The third-order valence-corrected chi connectivity index (χ3v) is 3.79. The summed E-state index contributed by atoms with van der Waals surface area (Å²) in [4.78, 5) is 0. The summed E-state index contributed by atoms with van der Waals surface area (Å²) >= 11 is 1.67. The van der Waals surface area contributed by atoms with Crippen molar-refractivity contribution < 1.29 is 0 Å². The highest BCUT2D eigenvalue weighted by atomic mass is 32.2. The number of nitrogens with zero attached hydrogens (tertiary/aromatic N) is 5. The lowest BCUT2D eigenvalue weighted by molar-refractivity contribution is 0.509. The van der Waals surface area contributed by atoms with Crippen LogP contribution in [0.4, 0.5) is 0 Å². The van der Waals surface area contributed by atoms with E-state index in [2.05, 4.69) is 26.9 Å². The maximum absolute atomic E-state index is 8.44. The topological polar surface area (TPSA) is 79.4 Å². The Bertz CT molecular complexity index is 394. The average Bonchev–Trinajstić information content (AvgIpc) is 3.09. The molecule has 0 spiro atoms. The second-order valence-corrected chi connectivity index (χ2v) is 5.44. The van der Waals surface area contributed by atoms with Gasteiger partial charge in [0.15, 0.2) is 0 Å². The highest BCUT2D eigenvalue weighted by Crippen LogP contribution is 2.18. The van der Waals surface area contributed by atoms with Crippen LogP contribution in [0.5, 0.6) is 0 Å². The van der Waals surface area contributed by atoms with Gasteiger partial charge < -0.3 is 5.32 Å². The summed E-state index contributed by atoms with van der Waals surface area (Å²) in [5.74, 6) is 0.970. The summed E-state index contributed by atoms with van der Waals surface area (Å²) in [7, 11) is 0. The van der Waals surface area contributed by atoms with Crippen molar-refractivity contribution in [1.29, 1.82) is 5.26 Å². The van der Waals surface area contributed by atoms with E-state index >= 15 is 0 Å². The second-order valence-electron chi connectivity index (χ2n) is 4.38. The first-order valence-electron chi connectivity index (χ1n) is 6.39. The molecule has 1 aromatic heterocycles. The van der Waals surface area contributed by atoms with E-state index in [1.807, 2.05) is 4.68 Å². The molecule has 0 bridgehead atoms. The van der Waals surface area contributed by atoms with Gasteiger partial charge in [-0.1, -0.05) is 11.8 Å². The van der Waals surface area contributed by atoms with Crippen molar-refractivity contribution in [3.8, 4) is 6.07 Å². The van der Waals surface area contributed by atoms with E-state index in [0.717, 1.165) is 42.9 Å². The zero-order chi connectivity index (χ0) is 12.6. The van der Waals surface area contributed by atoms with Gasteiger partial charge in [0.25, 0.3) is 0 Å². The van der Waals surface area contributed by atoms with Gasteiger partial charge in [-0.25, -0.2) is 4.68 Å². The van der Waals surface area contributed by atoms with Crippen LogP contribution in [0.3, 0.4) is 0 Å². The van der Waals surface area contributed by atoms with E-state index in [4.69, 9.17) is 5.26 Å². The summed E-state index contributed by atoms with van der Waals surface area (Å²) in [6.45, 7) is 1.75. The Balaban J connectivity index is 1.64. The van der Waals surface area contributed by atoms with Gasteiger partial charge >= 0.3 is 0 Å². The van der Waals surface area contributed by atoms with Crippen LogP contribution in [0.25, 0.3) is 0 Å². The first-order valence-corrected chi connectivity index (χ1v) is 7.38.